The van der Waals surface area contributed by atoms with Gasteiger partial charge in [0.15, 0.2) is 0 Å². The van der Waals surface area contributed by atoms with E-state index in [0.29, 0.717) is 5.38 Å². The van der Waals surface area contributed by atoms with Crippen LogP contribution in [0.2, 0.25) is 0 Å². The Morgan fingerprint density at radius 2 is 1.60 bits per heavy atom. The maximum absolute atomic E-state index is 5.82. The normalized spacial score (nSPS) is 18.0. The van der Waals surface area contributed by atoms with E-state index in [1.54, 1.807) is 6.92 Å². The number of hydrogen-bond donors (Lipinski definition) is 0. The second-order valence-corrected chi connectivity index (χ2v) is 4.41. The molecule has 4 heteroatoms. The van der Waals surface area contributed by atoms with Gasteiger partial charge in [0, 0.05) is 5.92 Å². The molecule has 0 spiro atoms. The molecule has 0 rings (SSSR count). The molecule has 0 fully saturated rings. The van der Waals surface area contributed by atoms with E-state index in [2.05, 4.69) is 0 Å². The number of rotatable bonds is 3. The molecule has 0 N–H and O–H groups in total. The first kappa shape index (κ1) is 11.2. The molecule has 0 aromatic carbocycles. The largest absolute Gasteiger partial charge is 0.121 e. The molecule has 0 nitrogen and oxygen atoms in total. The second-order valence-electron chi connectivity index (χ2n) is 2.18. The lowest BCUT2D eigenvalue weighted by Crippen LogP contribution is -2.20. The standard InChI is InChI=1S/C6H9Cl4/c1-3(6(9)10)5(8)4(2)7/h3,5-6H,1-2H3. The maximum atomic E-state index is 5.82. The molecule has 0 bridgehead atoms. The van der Waals surface area contributed by atoms with E-state index in [1.807, 2.05) is 6.92 Å². The molecular weight excluding hydrogens is 214 g/mol. The zero-order chi connectivity index (χ0) is 8.31. The zero-order valence-electron chi connectivity index (χ0n) is 5.74. The van der Waals surface area contributed by atoms with E-state index < -0.39 is 4.84 Å². The van der Waals surface area contributed by atoms with Crippen molar-refractivity contribution < 1.29 is 0 Å². The lowest BCUT2D eigenvalue weighted by molar-refractivity contribution is 0.615. The Morgan fingerprint density at radius 1 is 1.20 bits per heavy atom. The molecule has 0 saturated carbocycles. The van der Waals surface area contributed by atoms with Crippen molar-refractivity contribution in [2.45, 2.75) is 24.1 Å². The van der Waals surface area contributed by atoms with Gasteiger partial charge in [-0.05, 0) is 6.92 Å². The fourth-order valence-electron chi connectivity index (χ4n) is 0.490. The van der Waals surface area contributed by atoms with Crippen LogP contribution in [-0.4, -0.2) is 10.2 Å². The number of hydrogen-bond acceptors (Lipinski definition) is 0. The molecule has 2 atom stereocenters. The van der Waals surface area contributed by atoms with Crippen LogP contribution in [0, 0.1) is 11.3 Å². The van der Waals surface area contributed by atoms with Crippen LogP contribution in [0.3, 0.4) is 0 Å². The van der Waals surface area contributed by atoms with E-state index in [9.17, 15) is 0 Å². The van der Waals surface area contributed by atoms with Crippen LogP contribution in [0.25, 0.3) is 0 Å². The Labute approximate surface area is 81.8 Å². The molecule has 0 aromatic heterocycles. The highest BCUT2D eigenvalue weighted by Crippen LogP contribution is 2.30. The van der Waals surface area contributed by atoms with Crippen LogP contribution in [0.1, 0.15) is 13.8 Å². The first-order valence-electron chi connectivity index (χ1n) is 2.88. The molecule has 10 heavy (non-hydrogen) atoms. The monoisotopic (exact) mass is 221 g/mol. The van der Waals surface area contributed by atoms with Gasteiger partial charge in [-0.2, -0.15) is 0 Å². The summed E-state index contributed by atoms with van der Waals surface area (Å²) in [5, 5.41) is 0.377. The highest BCUT2D eigenvalue weighted by Gasteiger charge is 2.24. The highest BCUT2D eigenvalue weighted by molar-refractivity contribution is 6.45. The van der Waals surface area contributed by atoms with Crippen molar-refractivity contribution in [2.24, 2.45) is 5.92 Å². The third-order valence-corrected chi connectivity index (χ3v) is 3.11. The van der Waals surface area contributed by atoms with Crippen LogP contribution in [0.15, 0.2) is 0 Å². The van der Waals surface area contributed by atoms with Gasteiger partial charge in [-0.25, -0.2) is 0 Å². The Hall–Kier alpha value is 1.16. The van der Waals surface area contributed by atoms with Crippen molar-refractivity contribution in [2.75, 3.05) is 0 Å². The smallest absolute Gasteiger partial charge is 0.111 e. The van der Waals surface area contributed by atoms with Crippen molar-refractivity contribution in [1.29, 1.82) is 0 Å². The number of alkyl halides is 3. The van der Waals surface area contributed by atoms with Gasteiger partial charge in [0.2, 0.25) is 0 Å². The molecule has 0 amide bonds. The SMILES string of the molecule is C[C](Cl)C(Cl)C(C)C(Cl)Cl. The van der Waals surface area contributed by atoms with Gasteiger partial charge in [-0.3, -0.25) is 0 Å². The van der Waals surface area contributed by atoms with E-state index in [0.717, 1.165) is 0 Å². The molecule has 0 heterocycles. The molecule has 61 valence electrons. The summed E-state index contributed by atoms with van der Waals surface area (Å²) in [7, 11) is 0. The summed E-state index contributed by atoms with van der Waals surface area (Å²) in [6.07, 6.45) is 0. The quantitative estimate of drug-likeness (QED) is 0.637. The van der Waals surface area contributed by atoms with Crippen molar-refractivity contribution in [3.05, 3.63) is 5.38 Å². The Morgan fingerprint density at radius 3 is 1.70 bits per heavy atom. The highest BCUT2D eigenvalue weighted by atomic mass is 35.5. The minimum absolute atomic E-state index is 0.0116. The molecule has 0 aliphatic carbocycles. The van der Waals surface area contributed by atoms with Gasteiger partial charge in [-0.15, -0.1) is 46.4 Å². The summed E-state index contributed by atoms with van der Waals surface area (Å²) >= 11 is 22.6. The third kappa shape index (κ3) is 3.52. The van der Waals surface area contributed by atoms with Crippen LogP contribution >= 0.6 is 46.4 Å². The molecule has 0 aliphatic heterocycles. The Kier molecular flexibility index (Phi) is 5.49. The summed E-state index contributed by atoms with van der Waals surface area (Å²) in [5.41, 5.74) is 0. The summed E-state index contributed by atoms with van der Waals surface area (Å²) < 4.78 is 0. The number of halogens is 4. The molecule has 1 radical (unpaired) electrons. The third-order valence-electron chi connectivity index (χ3n) is 1.24. The zero-order valence-corrected chi connectivity index (χ0v) is 8.77. The second kappa shape index (κ2) is 4.92. The maximum Gasteiger partial charge on any atom is 0.111 e. The van der Waals surface area contributed by atoms with Crippen LogP contribution in [-0.2, 0) is 0 Å². The molecule has 2 unspecified atom stereocenters. The van der Waals surface area contributed by atoms with Crippen molar-refractivity contribution in [3.63, 3.8) is 0 Å². The minimum atomic E-state index is -0.462. The van der Waals surface area contributed by atoms with Gasteiger partial charge < -0.3 is 0 Å². The first-order chi connectivity index (χ1) is 4.46. The fourth-order valence-corrected chi connectivity index (χ4v) is 1.27. The van der Waals surface area contributed by atoms with Crippen LogP contribution in [0.5, 0.6) is 0 Å². The van der Waals surface area contributed by atoms with Gasteiger partial charge in [0.05, 0.1) is 10.8 Å². The fraction of sp³-hybridized carbons (Fsp3) is 0.833. The van der Waals surface area contributed by atoms with Crippen molar-refractivity contribution in [3.8, 4) is 0 Å². The summed E-state index contributed by atoms with van der Waals surface area (Å²) in [5.74, 6) is -0.0116. The first-order valence-corrected chi connectivity index (χ1v) is 4.56. The summed E-state index contributed by atoms with van der Waals surface area (Å²) in [6, 6.07) is 0. The summed E-state index contributed by atoms with van der Waals surface area (Å²) in [4.78, 5) is -0.462. The topological polar surface area (TPSA) is 0 Å². The summed E-state index contributed by atoms with van der Waals surface area (Å²) in [6.45, 7) is 3.60. The lowest BCUT2D eigenvalue weighted by atomic mass is 10.1. The minimum Gasteiger partial charge on any atom is -0.121 e. The van der Waals surface area contributed by atoms with Crippen molar-refractivity contribution >= 4 is 46.4 Å². The van der Waals surface area contributed by atoms with Gasteiger partial charge >= 0.3 is 0 Å². The van der Waals surface area contributed by atoms with Gasteiger partial charge in [0.25, 0.3) is 0 Å². The van der Waals surface area contributed by atoms with Gasteiger partial charge in [0.1, 0.15) is 4.84 Å². The predicted molar refractivity (Wildman–Crippen MR) is 49.1 cm³/mol. The van der Waals surface area contributed by atoms with Crippen LogP contribution in [0.4, 0.5) is 0 Å². The Bertz CT molecular complexity index is 79.7. The van der Waals surface area contributed by atoms with E-state index >= 15 is 0 Å². The van der Waals surface area contributed by atoms with Gasteiger partial charge in [-0.1, -0.05) is 6.92 Å². The average Bonchev–Trinajstić information content (AvgIpc) is 1.84. The van der Waals surface area contributed by atoms with E-state index in [4.69, 9.17) is 46.4 Å². The molecule has 0 saturated heterocycles. The molecule has 0 aliphatic rings. The molecular formula is C6H9Cl4. The van der Waals surface area contributed by atoms with Crippen LogP contribution < -0.4 is 0 Å². The van der Waals surface area contributed by atoms with E-state index in [1.165, 1.54) is 0 Å². The van der Waals surface area contributed by atoms with E-state index in [-0.39, 0.29) is 11.3 Å². The molecule has 0 aromatic rings. The average molecular weight is 223 g/mol. The Balaban J connectivity index is 3.81. The predicted octanol–water partition coefficient (Wildman–Crippen LogP) is 3.82. The van der Waals surface area contributed by atoms with Crippen molar-refractivity contribution in [1.82, 2.24) is 0 Å². The lowest BCUT2D eigenvalue weighted by Gasteiger charge is -2.19.